The average molecular weight is 414 g/mol. The molecule has 1 aliphatic heterocycles. The zero-order valence-electron chi connectivity index (χ0n) is 13.7. The zero-order valence-corrected chi connectivity index (χ0v) is 15.4. The largest absolute Gasteiger partial charge is 0.436 e. The van der Waals surface area contributed by atoms with Crippen molar-refractivity contribution >= 4 is 27.0 Å². The second-order valence-corrected chi connectivity index (χ2v) is 9.18. The van der Waals surface area contributed by atoms with Crippen LogP contribution in [0.15, 0.2) is 51.2 Å². The van der Waals surface area contributed by atoms with Gasteiger partial charge in [0.15, 0.2) is 11.5 Å². The van der Waals surface area contributed by atoms with Crippen LogP contribution < -0.4 is 4.31 Å². The number of hydrogen-bond donors (Lipinski definition) is 0. The van der Waals surface area contributed by atoms with Crippen LogP contribution in [0, 0.1) is 0 Å². The average Bonchev–Trinajstić information content (AvgIpc) is 3.30. The van der Waals surface area contributed by atoms with Crippen LogP contribution in [0.25, 0.3) is 10.6 Å². The van der Waals surface area contributed by atoms with E-state index >= 15 is 0 Å². The minimum absolute atomic E-state index is 0.0409. The van der Waals surface area contributed by atoms with Crippen LogP contribution in [0.3, 0.4) is 0 Å². The summed E-state index contributed by atoms with van der Waals surface area (Å²) in [7, 11) is -3.82. The Balaban J connectivity index is 1.68. The lowest BCUT2D eigenvalue weighted by atomic mass is 10.0. The summed E-state index contributed by atoms with van der Waals surface area (Å²) in [5, 5.41) is 3.00. The van der Waals surface area contributed by atoms with Crippen LogP contribution in [0.1, 0.15) is 17.7 Å². The summed E-state index contributed by atoms with van der Waals surface area (Å²) < 4.78 is 70.3. The normalized spacial score (nSPS) is 15.0. The molecule has 0 amide bonds. The molecule has 0 aliphatic carbocycles. The molecule has 0 bridgehead atoms. The van der Waals surface area contributed by atoms with Crippen LogP contribution in [0.5, 0.6) is 0 Å². The second kappa shape index (κ2) is 6.38. The van der Waals surface area contributed by atoms with Crippen molar-refractivity contribution in [1.29, 1.82) is 0 Å². The van der Waals surface area contributed by atoms with Gasteiger partial charge in [0.2, 0.25) is 0 Å². The molecule has 0 fully saturated rings. The number of benzene rings is 1. The van der Waals surface area contributed by atoms with Crippen LogP contribution in [0.2, 0.25) is 0 Å². The van der Waals surface area contributed by atoms with Crippen molar-refractivity contribution in [2.45, 2.75) is 23.2 Å². The van der Waals surface area contributed by atoms with Crippen LogP contribution in [-0.2, 0) is 22.6 Å². The maximum Gasteiger partial charge on any atom is 0.436 e. The molecule has 3 heterocycles. The third-order valence-electron chi connectivity index (χ3n) is 4.24. The van der Waals surface area contributed by atoms with Gasteiger partial charge in [0.25, 0.3) is 10.0 Å². The first kappa shape index (κ1) is 18.1. The molecule has 2 aromatic heterocycles. The molecule has 0 unspecified atom stereocenters. The quantitative estimate of drug-likeness (QED) is 0.630. The molecule has 0 saturated carbocycles. The molecule has 1 aliphatic rings. The highest BCUT2D eigenvalue weighted by Crippen LogP contribution is 2.38. The van der Waals surface area contributed by atoms with Gasteiger partial charge in [0.1, 0.15) is 4.21 Å². The van der Waals surface area contributed by atoms with Gasteiger partial charge in [-0.25, -0.2) is 8.42 Å². The molecule has 0 spiro atoms. The molecule has 10 heteroatoms. The number of sulfonamides is 1. The number of alkyl halides is 3. The molecule has 3 aromatic rings. The van der Waals surface area contributed by atoms with Gasteiger partial charge in [-0.15, -0.1) is 11.3 Å². The lowest BCUT2D eigenvalue weighted by molar-refractivity contribution is -0.142. The molecule has 1 aromatic carbocycles. The first-order valence-corrected chi connectivity index (χ1v) is 10.3. The van der Waals surface area contributed by atoms with Gasteiger partial charge in [0.05, 0.1) is 10.6 Å². The van der Waals surface area contributed by atoms with E-state index in [2.05, 4.69) is 5.16 Å². The third kappa shape index (κ3) is 3.23. The van der Waals surface area contributed by atoms with E-state index in [1.165, 1.54) is 16.4 Å². The molecule has 0 saturated heterocycles. The number of para-hydroxylation sites is 1. The van der Waals surface area contributed by atoms with Crippen molar-refractivity contribution < 1.29 is 26.1 Å². The predicted octanol–water partition coefficient (Wildman–Crippen LogP) is 4.56. The number of hydrogen-bond acceptors (Lipinski definition) is 5. The van der Waals surface area contributed by atoms with E-state index in [-0.39, 0.29) is 14.8 Å². The van der Waals surface area contributed by atoms with Crippen molar-refractivity contribution in [3.05, 3.63) is 53.7 Å². The molecule has 4 rings (SSSR count). The third-order valence-corrected chi connectivity index (χ3v) is 7.62. The Morgan fingerprint density at radius 2 is 1.93 bits per heavy atom. The highest BCUT2D eigenvalue weighted by atomic mass is 32.2. The van der Waals surface area contributed by atoms with E-state index in [0.29, 0.717) is 18.7 Å². The number of nitrogens with zero attached hydrogens (tertiary/aromatic N) is 2. The lowest BCUT2D eigenvalue weighted by Gasteiger charge is -2.29. The van der Waals surface area contributed by atoms with Crippen molar-refractivity contribution in [3.8, 4) is 10.6 Å². The Kier molecular flexibility index (Phi) is 4.26. The summed E-state index contributed by atoms with van der Waals surface area (Å²) in [6.45, 7) is 0.354. The van der Waals surface area contributed by atoms with Gasteiger partial charge in [-0.3, -0.25) is 4.31 Å². The van der Waals surface area contributed by atoms with Gasteiger partial charge >= 0.3 is 6.18 Å². The van der Waals surface area contributed by atoms with E-state index in [0.717, 1.165) is 29.4 Å². The maximum absolute atomic E-state index is 13.1. The maximum atomic E-state index is 13.1. The van der Waals surface area contributed by atoms with E-state index in [1.54, 1.807) is 12.1 Å². The summed E-state index contributed by atoms with van der Waals surface area (Å²) >= 11 is 0.854. The number of rotatable bonds is 3. The smallest absolute Gasteiger partial charge is 0.355 e. The molecule has 0 atom stereocenters. The highest BCUT2D eigenvalue weighted by molar-refractivity contribution is 7.94. The summed E-state index contributed by atoms with van der Waals surface area (Å²) in [6.07, 6.45) is -3.12. The SMILES string of the molecule is O=S(=O)(c1ccc(-c2cc(C(F)(F)F)no2)s1)N1CCCc2ccccc21. The minimum atomic E-state index is -4.62. The number of halogens is 3. The summed E-state index contributed by atoms with van der Waals surface area (Å²) in [6, 6.07) is 10.9. The fourth-order valence-corrected chi connectivity index (χ4v) is 5.88. The van der Waals surface area contributed by atoms with Gasteiger partial charge < -0.3 is 4.52 Å². The predicted molar refractivity (Wildman–Crippen MR) is 94.1 cm³/mol. The fraction of sp³-hybridized carbons (Fsp3) is 0.235. The first-order chi connectivity index (χ1) is 12.8. The van der Waals surface area contributed by atoms with Crippen molar-refractivity contribution in [2.24, 2.45) is 0 Å². The Labute approximate surface area is 157 Å². The van der Waals surface area contributed by atoms with E-state index in [9.17, 15) is 21.6 Å². The lowest BCUT2D eigenvalue weighted by Crippen LogP contribution is -2.35. The number of aromatic nitrogens is 1. The van der Waals surface area contributed by atoms with Gasteiger partial charge in [-0.05, 0) is 36.6 Å². The molecular formula is C17H13F3N2O3S2. The van der Waals surface area contributed by atoms with Gasteiger partial charge in [-0.2, -0.15) is 13.2 Å². The molecule has 5 nitrogen and oxygen atoms in total. The number of anilines is 1. The summed E-state index contributed by atoms with van der Waals surface area (Å²) in [5.74, 6) is -0.118. The zero-order chi connectivity index (χ0) is 19.2. The molecule has 0 N–H and O–H groups in total. The number of thiophene rings is 1. The monoisotopic (exact) mass is 414 g/mol. The topological polar surface area (TPSA) is 63.4 Å². The number of aryl methyl sites for hydroxylation is 1. The number of fused-ring (bicyclic) bond motifs is 1. The Hall–Kier alpha value is -2.33. The molecular weight excluding hydrogens is 401 g/mol. The van der Waals surface area contributed by atoms with Crippen LogP contribution in [0.4, 0.5) is 18.9 Å². The summed E-state index contributed by atoms with van der Waals surface area (Å²) in [5.41, 5.74) is 0.437. The van der Waals surface area contributed by atoms with Crippen molar-refractivity contribution in [1.82, 2.24) is 5.16 Å². The molecule has 142 valence electrons. The second-order valence-electron chi connectivity index (χ2n) is 6.00. The standard InChI is InChI=1S/C17H13F3N2O3S2/c18-17(19,20)15-10-13(25-21-15)14-7-8-16(26-14)27(23,24)22-9-3-5-11-4-1-2-6-12(11)22/h1-2,4,6-8,10H,3,5,9H2. The Bertz CT molecular complexity index is 1090. The summed E-state index contributed by atoms with van der Waals surface area (Å²) in [4.78, 5) is 0.266. The van der Waals surface area contributed by atoms with Gasteiger partial charge in [-0.1, -0.05) is 23.4 Å². The molecule has 27 heavy (non-hydrogen) atoms. The van der Waals surface area contributed by atoms with Crippen molar-refractivity contribution in [3.63, 3.8) is 0 Å². The minimum Gasteiger partial charge on any atom is -0.355 e. The van der Waals surface area contributed by atoms with Crippen LogP contribution in [-0.4, -0.2) is 20.1 Å². The Morgan fingerprint density at radius 3 is 2.67 bits per heavy atom. The van der Waals surface area contributed by atoms with Crippen LogP contribution >= 0.6 is 11.3 Å². The molecule has 0 radical (unpaired) electrons. The van der Waals surface area contributed by atoms with E-state index in [1.807, 2.05) is 12.1 Å². The Morgan fingerprint density at radius 1 is 1.15 bits per heavy atom. The fourth-order valence-electron chi connectivity index (χ4n) is 2.97. The first-order valence-electron chi connectivity index (χ1n) is 8.01. The van der Waals surface area contributed by atoms with Crippen molar-refractivity contribution in [2.75, 3.05) is 10.8 Å². The van der Waals surface area contributed by atoms with Gasteiger partial charge in [0, 0.05) is 12.6 Å². The highest BCUT2D eigenvalue weighted by Gasteiger charge is 2.36. The van der Waals surface area contributed by atoms with E-state index in [4.69, 9.17) is 4.52 Å². The van der Waals surface area contributed by atoms with E-state index < -0.39 is 21.9 Å².